The van der Waals surface area contributed by atoms with Gasteiger partial charge >= 0.3 is 0 Å². The Bertz CT molecular complexity index is 761. The number of nitrogens with one attached hydrogen (secondary N) is 1. The van der Waals surface area contributed by atoms with Crippen LogP contribution in [0.5, 0.6) is 0 Å². The number of nitrogens with zero attached hydrogens (tertiary/aromatic N) is 2. The van der Waals surface area contributed by atoms with E-state index in [0.29, 0.717) is 12.2 Å². The summed E-state index contributed by atoms with van der Waals surface area (Å²) in [5.74, 6) is -0.198. The number of anilines is 1. The number of carbonyl (C=O) groups excluding carboxylic acids is 1. The van der Waals surface area contributed by atoms with E-state index in [4.69, 9.17) is 0 Å². The number of amides is 1. The van der Waals surface area contributed by atoms with E-state index in [9.17, 15) is 4.79 Å². The van der Waals surface area contributed by atoms with Gasteiger partial charge in [-0.3, -0.25) is 4.79 Å². The van der Waals surface area contributed by atoms with Gasteiger partial charge < -0.3 is 9.88 Å². The van der Waals surface area contributed by atoms with E-state index >= 15 is 0 Å². The van der Waals surface area contributed by atoms with Crippen molar-refractivity contribution in [2.45, 2.75) is 13.5 Å². The van der Waals surface area contributed by atoms with E-state index in [1.54, 1.807) is 12.5 Å². The number of aryl methyl sites for hydroxylation is 1. The molecule has 0 fully saturated rings. The molecular weight excluding hydrogens is 274 g/mol. The Morgan fingerprint density at radius 3 is 2.55 bits per heavy atom. The minimum atomic E-state index is -0.198. The molecule has 1 amide bonds. The highest BCUT2D eigenvalue weighted by molar-refractivity contribution is 6.02. The third-order valence-corrected chi connectivity index (χ3v) is 3.38. The summed E-state index contributed by atoms with van der Waals surface area (Å²) >= 11 is 0. The molecule has 110 valence electrons. The van der Waals surface area contributed by atoms with Crippen molar-refractivity contribution >= 4 is 11.6 Å². The van der Waals surface area contributed by atoms with Crippen molar-refractivity contribution in [2.75, 3.05) is 5.32 Å². The molecule has 1 N–H and O–H groups in total. The van der Waals surface area contributed by atoms with Crippen molar-refractivity contribution in [1.29, 1.82) is 0 Å². The Morgan fingerprint density at radius 1 is 1.09 bits per heavy atom. The summed E-state index contributed by atoms with van der Waals surface area (Å²) in [6.07, 6.45) is 3.44. The average Bonchev–Trinajstić information content (AvgIpc) is 2.99. The number of hydrogen-bond acceptors (Lipinski definition) is 2. The average molecular weight is 291 g/mol. The molecule has 0 radical (unpaired) electrons. The van der Waals surface area contributed by atoms with Gasteiger partial charge in [0.2, 0.25) is 0 Å². The monoisotopic (exact) mass is 291 g/mol. The van der Waals surface area contributed by atoms with Crippen molar-refractivity contribution in [3.63, 3.8) is 0 Å². The van der Waals surface area contributed by atoms with Gasteiger partial charge in [-0.15, -0.1) is 0 Å². The first kappa shape index (κ1) is 14.1. The summed E-state index contributed by atoms with van der Waals surface area (Å²) in [6, 6.07) is 17.8. The lowest BCUT2D eigenvalue weighted by atomic mass is 10.2. The first-order chi connectivity index (χ1) is 10.7. The molecule has 3 rings (SSSR count). The molecule has 0 aliphatic rings. The molecule has 4 heteroatoms. The molecule has 4 nitrogen and oxygen atoms in total. The number of rotatable bonds is 4. The van der Waals surface area contributed by atoms with Crippen molar-refractivity contribution in [3.8, 4) is 0 Å². The van der Waals surface area contributed by atoms with E-state index in [2.05, 4.69) is 10.3 Å². The van der Waals surface area contributed by atoms with E-state index in [1.165, 1.54) is 5.56 Å². The number of imidazole rings is 1. The third-order valence-electron chi connectivity index (χ3n) is 3.38. The smallest absolute Gasteiger partial charge is 0.275 e. The van der Waals surface area contributed by atoms with Gasteiger partial charge in [-0.25, -0.2) is 4.98 Å². The van der Waals surface area contributed by atoms with Crippen LogP contribution < -0.4 is 5.32 Å². The molecule has 0 saturated carbocycles. The van der Waals surface area contributed by atoms with Crippen LogP contribution in [-0.4, -0.2) is 15.5 Å². The van der Waals surface area contributed by atoms with Crippen molar-refractivity contribution in [1.82, 2.24) is 9.55 Å². The zero-order valence-electron chi connectivity index (χ0n) is 12.4. The minimum absolute atomic E-state index is 0.198. The predicted octanol–water partition coefficient (Wildman–Crippen LogP) is 3.49. The number of carbonyl (C=O) groups is 1. The quantitative estimate of drug-likeness (QED) is 0.800. The molecule has 0 bridgehead atoms. The Balaban J connectivity index is 1.67. The molecule has 0 atom stereocenters. The second-order valence-electron chi connectivity index (χ2n) is 5.24. The molecule has 1 aromatic heterocycles. The van der Waals surface area contributed by atoms with Gasteiger partial charge in [-0.05, 0) is 24.6 Å². The van der Waals surface area contributed by atoms with Crippen molar-refractivity contribution < 1.29 is 4.79 Å². The lowest BCUT2D eigenvalue weighted by molar-refractivity contribution is 0.102. The molecule has 0 spiro atoms. The normalized spacial score (nSPS) is 10.4. The maximum atomic E-state index is 12.2. The van der Waals surface area contributed by atoms with E-state index in [0.717, 1.165) is 11.3 Å². The van der Waals surface area contributed by atoms with Gasteiger partial charge in [0, 0.05) is 18.4 Å². The van der Waals surface area contributed by atoms with Crippen LogP contribution in [-0.2, 0) is 6.54 Å². The maximum Gasteiger partial charge on any atom is 0.275 e. The lowest BCUT2D eigenvalue weighted by Gasteiger charge is -2.03. The van der Waals surface area contributed by atoms with E-state index in [-0.39, 0.29) is 5.91 Å². The summed E-state index contributed by atoms with van der Waals surface area (Å²) in [5, 5.41) is 2.85. The van der Waals surface area contributed by atoms with Gasteiger partial charge in [0.25, 0.3) is 5.91 Å². The summed E-state index contributed by atoms with van der Waals surface area (Å²) in [5.41, 5.74) is 3.51. The zero-order chi connectivity index (χ0) is 15.4. The standard InChI is InChI=1S/C18H17N3O/c1-14-7-9-16(10-8-14)20-18(22)17-12-21(13-19-17)11-15-5-3-2-4-6-15/h2-10,12-13H,11H2,1H3,(H,20,22). The Labute approximate surface area is 129 Å². The Hall–Kier alpha value is -2.88. The van der Waals surface area contributed by atoms with Crippen LogP contribution in [0, 0.1) is 6.92 Å². The fraction of sp³-hybridized carbons (Fsp3) is 0.111. The SMILES string of the molecule is Cc1ccc(NC(=O)c2cn(Cc3ccccc3)cn2)cc1. The van der Waals surface area contributed by atoms with Crippen LogP contribution >= 0.6 is 0 Å². The first-order valence-corrected chi connectivity index (χ1v) is 7.14. The second kappa shape index (κ2) is 6.26. The molecule has 0 aliphatic carbocycles. The molecule has 0 saturated heterocycles. The van der Waals surface area contributed by atoms with E-state index in [1.807, 2.05) is 66.1 Å². The highest BCUT2D eigenvalue weighted by Gasteiger charge is 2.09. The second-order valence-corrected chi connectivity index (χ2v) is 5.24. The highest BCUT2D eigenvalue weighted by Crippen LogP contribution is 2.10. The van der Waals surface area contributed by atoms with Crippen LogP contribution in [0.1, 0.15) is 21.6 Å². The Morgan fingerprint density at radius 2 is 1.82 bits per heavy atom. The predicted molar refractivity (Wildman–Crippen MR) is 86.9 cm³/mol. The maximum absolute atomic E-state index is 12.2. The van der Waals surface area contributed by atoms with Crippen LogP contribution in [0.4, 0.5) is 5.69 Å². The first-order valence-electron chi connectivity index (χ1n) is 7.14. The zero-order valence-corrected chi connectivity index (χ0v) is 12.4. The summed E-state index contributed by atoms with van der Waals surface area (Å²) < 4.78 is 1.90. The highest BCUT2D eigenvalue weighted by atomic mass is 16.1. The van der Waals surface area contributed by atoms with Gasteiger partial charge in [0.1, 0.15) is 5.69 Å². The van der Waals surface area contributed by atoms with Crippen LogP contribution in [0.3, 0.4) is 0 Å². The van der Waals surface area contributed by atoms with Gasteiger partial charge in [0.15, 0.2) is 0 Å². The minimum Gasteiger partial charge on any atom is -0.332 e. The molecule has 22 heavy (non-hydrogen) atoms. The van der Waals surface area contributed by atoms with Gasteiger partial charge in [-0.2, -0.15) is 0 Å². The fourth-order valence-electron chi connectivity index (χ4n) is 2.19. The summed E-state index contributed by atoms with van der Waals surface area (Å²) in [6.45, 7) is 2.71. The number of hydrogen-bond donors (Lipinski definition) is 1. The molecule has 3 aromatic rings. The van der Waals surface area contributed by atoms with Crippen LogP contribution in [0.25, 0.3) is 0 Å². The van der Waals surface area contributed by atoms with Crippen molar-refractivity contribution in [2.24, 2.45) is 0 Å². The molecule has 0 unspecified atom stereocenters. The largest absolute Gasteiger partial charge is 0.332 e. The van der Waals surface area contributed by atoms with Crippen LogP contribution in [0.15, 0.2) is 67.1 Å². The molecule has 0 aliphatic heterocycles. The summed E-state index contributed by atoms with van der Waals surface area (Å²) in [7, 11) is 0. The molecular formula is C18H17N3O. The number of aromatic nitrogens is 2. The third kappa shape index (κ3) is 3.41. The van der Waals surface area contributed by atoms with E-state index < -0.39 is 0 Å². The van der Waals surface area contributed by atoms with Gasteiger partial charge in [0.05, 0.1) is 6.33 Å². The molecule has 1 heterocycles. The lowest BCUT2D eigenvalue weighted by Crippen LogP contribution is -2.12. The van der Waals surface area contributed by atoms with Gasteiger partial charge in [-0.1, -0.05) is 48.0 Å². The Kier molecular flexibility index (Phi) is 4.01. The fourth-order valence-corrected chi connectivity index (χ4v) is 2.19. The summed E-state index contributed by atoms with van der Waals surface area (Å²) in [4.78, 5) is 16.4. The molecule has 2 aromatic carbocycles. The van der Waals surface area contributed by atoms with Crippen LogP contribution in [0.2, 0.25) is 0 Å². The number of benzene rings is 2. The topological polar surface area (TPSA) is 46.9 Å². The van der Waals surface area contributed by atoms with Crippen molar-refractivity contribution in [3.05, 3.63) is 83.9 Å².